The van der Waals surface area contributed by atoms with E-state index in [4.69, 9.17) is 9.16 Å². The van der Waals surface area contributed by atoms with Gasteiger partial charge in [-0.2, -0.15) is 0 Å². The van der Waals surface area contributed by atoms with Crippen LogP contribution in [-0.4, -0.2) is 26.2 Å². The van der Waals surface area contributed by atoms with E-state index in [9.17, 15) is 9.59 Å². The molecule has 0 N–H and O–H groups in total. The lowest BCUT2D eigenvalue weighted by Gasteiger charge is -2.55. The molecule has 4 fully saturated rings. The summed E-state index contributed by atoms with van der Waals surface area (Å²) in [6.07, 6.45) is 9.76. The minimum Gasteiger partial charge on any atom is -0.546 e. The third-order valence-corrected chi connectivity index (χ3v) is 17.8. The van der Waals surface area contributed by atoms with Gasteiger partial charge in [-0.3, -0.25) is 9.59 Å². The summed E-state index contributed by atoms with van der Waals surface area (Å²) in [6, 6.07) is 0. The predicted octanol–water partition coefficient (Wildman–Crippen LogP) is 7.44. The summed E-state index contributed by atoms with van der Waals surface area (Å²) in [5.74, 6) is 4.05. The Morgan fingerprint density at radius 1 is 1.00 bits per heavy atom. The molecule has 0 amide bonds. The molecule has 5 aliphatic carbocycles. The van der Waals surface area contributed by atoms with Crippen molar-refractivity contribution in [3.63, 3.8) is 0 Å². The first-order valence-electron chi connectivity index (χ1n) is 14.5. The molecular formula is C30H48O4Si. The molecule has 0 saturated heterocycles. The predicted molar refractivity (Wildman–Crippen MR) is 141 cm³/mol. The molecule has 0 radical (unpaired) electrons. The van der Waals surface area contributed by atoms with E-state index in [0.717, 1.165) is 32.1 Å². The first-order valence-corrected chi connectivity index (χ1v) is 16.6. The number of hydrogen-bond acceptors (Lipinski definition) is 4. The van der Waals surface area contributed by atoms with Crippen LogP contribution in [0.4, 0.5) is 0 Å². The number of Topliss-reactive ketones (excluding diaryl/α,β-unsaturated/α-hetero) is 1. The molecule has 196 valence electrons. The monoisotopic (exact) mass is 500 g/mol. The van der Waals surface area contributed by atoms with Crippen LogP contribution in [0, 0.1) is 40.4 Å². The van der Waals surface area contributed by atoms with Crippen molar-refractivity contribution in [2.24, 2.45) is 40.4 Å². The van der Waals surface area contributed by atoms with Crippen molar-refractivity contribution in [2.75, 3.05) is 0 Å². The van der Waals surface area contributed by atoms with E-state index in [1.54, 1.807) is 6.92 Å². The third kappa shape index (κ3) is 3.41. The van der Waals surface area contributed by atoms with E-state index in [0.29, 0.717) is 46.1 Å². The summed E-state index contributed by atoms with van der Waals surface area (Å²) < 4.78 is 13.3. The van der Waals surface area contributed by atoms with E-state index < -0.39 is 8.32 Å². The SMILES string of the molecule is CC(=O)OC1[C@@H]2C=C(O[Si](C(C)C)(C(C)C)C(C)C)C[C@@H]3CC[C@@H]4[C@H](CC[C@]5(C)C(=O)CC[C@@H]45)C132. The van der Waals surface area contributed by atoms with Crippen molar-refractivity contribution in [3.8, 4) is 0 Å². The largest absolute Gasteiger partial charge is 0.546 e. The highest BCUT2D eigenvalue weighted by Gasteiger charge is 2.77. The van der Waals surface area contributed by atoms with Gasteiger partial charge < -0.3 is 9.16 Å². The topological polar surface area (TPSA) is 52.6 Å². The van der Waals surface area contributed by atoms with Gasteiger partial charge in [-0.25, -0.2) is 0 Å². The van der Waals surface area contributed by atoms with Crippen molar-refractivity contribution in [1.82, 2.24) is 0 Å². The summed E-state index contributed by atoms with van der Waals surface area (Å²) >= 11 is 0. The Morgan fingerprint density at radius 3 is 2.26 bits per heavy atom. The molecule has 5 heteroatoms. The number of ether oxygens (including phenoxy) is 1. The highest BCUT2D eigenvalue weighted by atomic mass is 28.4. The Labute approximate surface area is 214 Å². The quantitative estimate of drug-likeness (QED) is 0.281. The summed E-state index contributed by atoms with van der Waals surface area (Å²) in [7, 11) is -2.02. The fraction of sp³-hybridized carbons (Fsp3) is 0.867. The lowest BCUT2D eigenvalue weighted by Crippen LogP contribution is -2.51. The molecule has 5 aliphatic rings. The molecule has 0 heterocycles. The van der Waals surface area contributed by atoms with Gasteiger partial charge in [0.15, 0.2) is 0 Å². The number of hydrogen-bond donors (Lipinski definition) is 0. The minimum absolute atomic E-state index is 0.00595. The van der Waals surface area contributed by atoms with Crippen molar-refractivity contribution in [3.05, 3.63) is 11.8 Å². The van der Waals surface area contributed by atoms with E-state index in [2.05, 4.69) is 54.5 Å². The Balaban J connectivity index is 1.49. The first kappa shape index (κ1) is 25.5. The van der Waals surface area contributed by atoms with E-state index in [-0.39, 0.29) is 28.8 Å². The van der Waals surface area contributed by atoms with Gasteiger partial charge in [0.25, 0.3) is 8.32 Å². The van der Waals surface area contributed by atoms with Gasteiger partial charge in [0, 0.05) is 36.5 Å². The average molecular weight is 501 g/mol. The lowest BCUT2D eigenvalue weighted by molar-refractivity contribution is -0.147. The molecule has 0 bridgehead atoms. The average Bonchev–Trinajstić information content (AvgIpc) is 3.27. The molecule has 2 unspecified atom stereocenters. The smallest absolute Gasteiger partial charge is 0.302 e. The van der Waals surface area contributed by atoms with Gasteiger partial charge in [0.05, 0.1) is 5.76 Å². The fourth-order valence-corrected chi connectivity index (χ4v) is 15.8. The van der Waals surface area contributed by atoms with Crippen LogP contribution in [0.15, 0.2) is 11.8 Å². The number of carbonyl (C=O) groups excluding carboxylic acids is 2. The third-order valence-electron chi connectivity index (χ3n) is 11.8. The van der Waals surface area contributed by atoms with Crippen LogP contribution in [-0.2, 0) is 18.8 Å². The maximum atomic E-state index is 12.8. The fourth-order valence-electron chi connectivity index (χ4n) is 10.4. The normalized spacial score (nSPS) is 42.3. The Kier molecular flexibility index (Phi) is 6.17. The molecule has 0 aromatic heterocycles. The van der Waals surface area contributed by atoms with Crippen LogP contribution in [0.1, 0.15) is 100 Å². The molecule has 8 atom stereocenters. The zero-order valence-electron chi connectivity index (χ0n) is 23.4. The second-order valence-corrected chi connectivity index (χ2v) is 19.3. The van der Waals surface area contributed by atoms with Crippen molar-refractivity contribution in [2.45, 2.75) is 123 Å². The molecule has 0 aromatic rings. The summed E-state index contributed by atoms with van der Waals surface area (Å²) in [5, 5.41) is 0. The van der Waals surface area contributed by atoms with E-state index >= 15 is 0 Å². The maximum absolute atomic E-state index is 12.8. The van der Waals surface area contributed by atoms with Gasteiger partial charge in [-0.15, -0.1) is 0 Å². The van der Waals surface area contributed by atoms with Crippen molar-refractivity contribution >= 4 is 20.1 Å². The van der Waals surface area contributed by atoms with Crippen LogP contribution >= 0.6 is 0 Å². The molecule has 35 heavy (non-hydrogen) atoms. The molecule has 4 saturated carbocycles. The van der Waals surface area contributed by atoms with Crippen LogP contribution in [0.25, 0.3) is 0 Å². The standard InChI is InChI=1S/C30H48O4Si/c1-17(2)35(18(3)4,19(5)6)34-22-15-21-9-10-23-24-11-12-27(32)29(24,8)14-13-25(23)30(21)26(16-22)28(30)33-20(7)31/h16-19,21,23-26,28H,9-15H2,1-8H3/t21-,23-,24-,25-,26-,28?,29-,30?/m0/s1. The number of fused-ring (bicyclic) bond motifs is 3. The summed E-state index contributed by atoms with van der Waals surface area (Å²) in [5.41, 5.74) is 1.61. The molecule has 5 rings (SSSR count). The number of esters is 1. The van der Waals surface area contributed by atoms with Crippen LogP contribution in [0.3, 0.4) is 0 Å². The Hall–Kier alpha value is -1.10. The molecule has 4 nitrogen and oxygen atoms in total. The van der Waals surface area contributed by atoms with Crippen LogP contribution in [0.5, 0.6) is 0 Å². The van der Waals surface area contributed by atoms with E-state index in [1.165, 1.54) is 18.6 Å². The van der Waals surface area contributed by atoms with Crippen molar-refractivity contribution in [1.29, 1.82) is 0 Å². The molecule has 0 aromatic carbocycles. The first-order chi connectivity index (χ1) is 16.4. The summed E-state index contributed by atoms with van der Waals surface area (Å²) in [4.78, 5) is 25.0. The van der Waals surface area contributed by atoms with E-state index in [1.807, 2.05) is 0 Å². The Bertz CT molecular complexity index is 900. The second-order valence-electron chi connectivity index (χ2n) is 13.9. The van der Waals surface area contributed by atoms with Gasteiger partial charge in [-0.1, -0.05) is 48.5 Å². The molecule has 1 spiro atoms. The van der Waals surface area contributed by atoms with Crippen LogP contribution in [0.2, 0.25) is 16.6 Å². The van der Waals surface area contributed by atoms with Gasteiger partial charge >= 0.3 is 5.97 Å². The van der Waals surface area contributed by atoms with Gasteiger partial charge in [-0.05, 0) is 78.5 Å². The van der Waals surface area contributed by atoms with Gasteiger partial charge in [0.1, 0.15) is 11.9 Å². The highest BCUT2D eigenvalue weighted by molar-refractivity contribution is 6.77. The second kappa shape index (κ2) is 8.46. The molecule has 0 aliphatic heterocycles. The number of allylic oxidation sites excluding steroid dienone is 1. The maximum Gasteiger partial charge on any atom is 0.302 e. The highest BCUT2D eigenvalue weighted by Crippen LogP contribution is 2.76. The summed E-state index contributed by atoms with van der Waals surface area (Å²) in [6.45, 7) is 17.9. The minimum atomic E-state index is -2.02. The lowest BCUT2D eigenvalue weighted by atomic mass is 9.49. The zero-order chi connectivity index (χ0) is 25.5. The Morgan fingerprint density at radius 2 is 1.66 bits per heavy atom. The zero-order valence-corrected chi connectivity index (χ0v) is 24.4. The number of rotatable bonds is 6. The molecular weight excluding hydrogens is 452 g/mol. The van der Waals surface area contributed by atoms with Crippen molar-refractivity contribution < 1.29 is 18.8 Å². The number of ketones is 1. The van der Waals surface area contributed by atoms with Crippen LogP contribution < -0.4 is 0 Å². The van der Waals surface area contributed by atoms with Gasteiger partial charge in [0.2, 0.25) is 0 Å². The number of carbonyl (C=O) groups is 2.